The summed E-state index contributed by atoms with van der Waals surface area (Å²) < 4.78 is 0. The number of rotatable bonds is 5. The molecule has 1 amide bonds. The molecule has 1 aliphatic heterocycles. The summed E-state index contributed by atoms with van der Waals surface area (Å²) in [7, 11) is 0. The maximum Gasteiger partial charge on any atom is 0.307 e. The zero-order valence-electron chi connectivity index (χ0n) is 11.3. The van der Waals surface area contributed by atoms with Gasteiger partial charge in [-0.05, 0) is 48.0 Å². The first kappa shape index (κ1) is 14.9. The van der Waals surface area contributed by atoms with Gasteiger partial charge in [0.1, 0.15) is 0 Å². The molecular weight excluding hydrogens is 274 g/mol. The molecule has 0 unspecified atom stereocenters. The van der Waals surface area contributed by atoms with E-state index in [4.69, 9.17) is 5.11 Å². The zero-order valence-corrected chi connectivity index (χ0v) is 12.1. The Kier molecular flexibility index (Phi) is 5.47. The van der Waals surface area contributed by atoms with E-state index >= 15 is 0 Å². The smallest absolute Gasteiger partial charge is 0.307 e. The SMILES string of the molecule is O=C(O)Cc1ccc(NC(=O)CC2CCSCC2)cc1. The Morgan fingerprint density at radius 1 is 1.20 bits per heavy atom. The number of amides is 1. The van der Waals surface area contributed by atoms with Crippen LogP contribution in [0.3, 0.4) is 0 Å². The third-order valence-corrected chi connectivity index (χ3v) is 4.46. The quantitative estimate of drug-likeness (QED) is 0.876. The Hall–Kier alpha value is -1.49. The number of aliphatic carboxylic acids is 1. The summed E-state index contributed by atoms with van der Waals surface area (Å²) >= 11 is 1.96. The van der Waals surface area contributed by atoms with Crippen molar-refractivity contribution in [3.63, 3.8) is 0 Å². The van der Waals surface area contributed by atoms with Gasteiger partial charge in [0, 0.05) is 12.1 Å². The molecule has 2 N–H and O–H groups in total. The van der Waals surface area contributed by atoms with Gasteiger partial charge in [0.2, 0.25) is 5.91 Å². The van der Waals surface area contributed by atoms with E-state index in [1.165, 1.54) is 0 Å². The van der Waals surface area contributed by atoms with Crippen molar-refractivity contribution >= 4 is 29.3 Å². The van der Waals surface area contributed by atoms with Crippen LogP contribution >= 0.6 is 11.8 Å². The van der Waals surface area contributed by atoms with Crippen LogP contribution in [0.2, 0.25) is 0 Å². The largest absolute Gasteiger partial charge is 0.481 e. The lowest BCUT2D eigenvalue weighted by Crippen LogP contribution is -2.19. The third-order valence-electron chi connectivity index (χ3n) is 3.41. The van der Waals surface area contributed by atoms with Crippen LogP contribution < -0.4 is 5.32 Å². The number of hydrogen-bond donors (Lipinski definition) is 2. The Labute approximate surface area is 123 Å². The van der Waals surface area contributed by atoms with E-state index in [0.29, 0.717) is 12.3 Å². The lowest BCUT2D eigenvalue weighted by Gasteiger charge is -2.20. The molecule has 5 heteroatoms. The highest BCUT2D eigenvalue weighted by atomic mass is 32.2. The third kappa shape index (κ3) is 4.89. The molecule has 2 rings (SSSR count). The number of carbonyl (C=O) groups excluding carboxylic acids is 1. The number of nitrogens with one attached hydrogen (secondary N) is 1. The summed E-state index contributed by atoms with van der Waals surface area (Å²) in [4.78, 5) is 22.5. The fraction of sp³-hybridized carbons (Fsp3) is 0.467. The van der Waals surface area contributed by atoms with E-state index < -0.39 is 5.97 Å². The van der Waals surface area contributed by atoms with Gasteiger partial charge < -0.3 is 10.4 Å². The summed E-state index contributed by atoms with van der Waals surface area (Å²) in [6, 6.07) is 6.99. The molecule has 1 saturated heterocycles. The van der Waals surface area contributed by atoms with Crippen LogP contribution in [-0.4, -0.2) is 28.5 Å². The average molecular weight is 293 g/mol. The summed E-state index contributed by atoms with van der Waals surface area (Å²) in [5, 5.41) is 11.6. The predicted octanol–water partition coefficient (Wildman–Crippen LogP) is 2.79. The van der Waals surface area contributed by atoms with Gasteiger partial charge in [-0.15, -0.1) is 0 Å². The standard InChI is InChI=1S/C15H19NO3S/c17-14(9-12-5-7-20-8-6-12)16-13-3-1-11(2-4-13)10-15(18)19/h1-4,12H,5-10H2,(H,16,17)(H,18,19). The highest BCUT2D eigenvalue weighted by molar-refractivity contribution is 7.99. The molecule has 0 aromatic heterocycles. The Bertz CT molecular complexity index is 467. The van der Waals surface area contributed by atoms with Gasteiger partial charge in [0.05, 0.1) is 6.42 Å². The van der Waals surface area contributed by atoms with Crippen molar-refractivity contribution in [3.8, 4) is 0 Å². The molecule has 0 radical (unpaired) electrons. The van der Waals surface area contributed by atoms with Gasteiger partial charge in [-0.3, -0.25) is 9.59 Å². The molecule has 4 nitrogen and oxygen atoms in total. The van der Waals surface area contributed by atoms with E-state index in [1.807, 2.05) is 11.8 Å². The molecule has 0 spiro atoms. The Balaban J connectivity index is 1.82. The van der Waals surface area contributed by atoms with E-state index in [-0.39, 0.29) is 12.3 Å². The summed E-state index contributed by atoms with van der Waals surface area (Å²) in [5.41, 5.74) is 1.47. The minimum absolute atomic E-state index is 0.00790. The van der Waals surface area contributed by atoms with Crippen LogP contribution in [0.15, 0.2) is 24.3 Å². The second-order valence-corrected chi connectivity index (χ2v) is 6.30. The van der Waals surface area contributed by atoms with Gasteiger partial charge >= 0.3 is 5.97 Å². The number of carbonyl (C=O) groups is 2. The van der Waals surface area contributed by atoms with Crippen molar-refractivity contribution in [2.75, 3.05) is 16.8 Å². The first-order valence-corrected chi connectivity index (χ1v) is 7.97. The van der Waals surface area contributed by atoms with Crippen molar-refractivity contribution < 1.29 is 14.7 Å². The summed E-state index contributed by atoms with van der Waals surface area (Å²) in [6.45, 7) is 0. The number of anilines is 1. The molecule has 108 valence electrons. The van der Waals surface area contributed by atoms with Crippen molar-refractivity contribution in [1.82, 2.24) is 0 Å². The van der Waals surface area contributed by atoms with Crippen LogP contribution in [0, 0.1) is 5.92 Å². The molecule has 1 aromatic carbocycles. The first-order valence-electron chi connectivity index (χ1n) is 6.82. The fourth-order valence-electron chi connectivity index (χ4n) is 2.31. The second kappa shape index (κ2) is 7.33. The van der Waals surface area contributed by atoms with Crippen LogP contribution in [0.5, 0.6) is 0 Å². The van der Waals surface area contributed by atoms with Gasteiger partial charge in [-0.1, -0.05) is 12.1 Å². The normalized spacial score (nSPS) is 15.8. The van der Waals surface area contributed by atoms with Crippen molar-refractivity contribution in [1.29, 1.82) is 0 Å². The Morgan fingerprint density at radius 3 is 2.45 bits per heavy atom. The minimum Gasteiger partial charge on any atom is -0.481 e. The molecule has 1 aliphatic rings. The highest BCUT2D eigenvalue weighted by Crippen LogP contribution is 2.25. The number of benzene rings is 1. The molecule has 20 heavy (non-hydrogen) atoms. The molecule has 1 fully saturated rings. The fourth-order valence-corrected chi connectivity index (χ4v) is 3.51. The highest BCUT2D eigenvalue weighted by Gasteiger charge is 2.17. The molecule has 0 atom stereocenters. The second-order valence-electron chi connectivity index (χ2n) is 5.08. The summed E-state index contributed by atoms with van der Waals surface area (Å²) in [5.74, 6) is 2.01. The van der Waals surface area contributed by atoms with E-state index in [2.05, 4.69) is 5.32 Å². The zero-order chi connectivity index (χ0) is 14.4. The molecule has 0 aliphatic carbocycles. The minimum atomic E-state index is -0.850. The number of thioether (sulfide) groups is 1. The van der Waals surface area contributed by atoms with Crippen molar-refractivity contribution in [2.24, 2.45) is 5.92 Å². The lowest BCUT2D eigenvalue weighted by molar-refractivity contribution is -0.136. The van der Waals surface area contributed by atoms with Gasteiger partial charge in [-0.25, -0.2) is 0 Å². The molecular formula is C15H19NO3S. The van der Waals surface area contributed by atoms with Crippen LogP contribution in [0.1, 0.15) is 24.8 Å². The van der Waals surface area contributed by atoms with Gasteiger partial charge in [0.15, 0.2) is 0 Å². The summed E-state index contributed by atoms with van der Waals surface area (Å²) in [6.07, 6.45) is 2.83. The average Bonchev–Trinajstić information content (AvgIpc) is 2.41. The van der Waals surface area contributed by atoms with E-state index in [1.54, 1.807) is 24.3 Å². The Morgan fingerprint density at radius 2 is 1.85 bits per heavy atom. The van der Waals surface area contributed by atoms with E-state index in [0.717, 1.165) is 35.6 Å². The van der Waals surface area contributed by atoms with Crippen LogP contribution in [0.25, 0.3) is 0 Å². The predicted molar refractivity (Wildman–Crippen MR) is 81.1 cm³/mol. The van der Waals surface area contributed by atoms with Crippen molar-refractivity contribution in [3.05, 3.63) is 29.8 Å². The van der Waals surface area contributed by atoms with Crippen LogP contribution in [0.4, 0.5) is 5.69 Å². The maximum atomic E-state index is 11.9. The number of carboxylic acids is 1. The maximum absolute atomic E-state index is 11.9. The van der Waals surface area contributed by atoms with Gasteiger partial charge in [-0.2, -0.15) is 11.8 Å². The first-order chi connectivity index (χ1) is 9.63. The molecule has 1 heterocycles. The molecule has 1 aromatic rings. The monoisotopic (exact) mass is 293 g/mol. The topological polar surface area (TPSA) is 66.4 Å². The van der Waals surface area contributed by atoms with Gasteiger partial charge in [0.25, 0.3) is 0 Å². The number of hydrogen-bond acceptors (Lipinski definition) is 3. The molecule has 0 saturated carbocycles. The number of carboxylic acid groups (broad SMARTS) is 1. The lowest BCUT2D eigenvalue weighted by atomic mass is 9.98. The molecule has 0 bridgehead atoms. The van der Waals surface area contributed by atoms with E-state index in [9.17, 15) is 9.59 Å². The van der Waals surface area contributed by atoms with Crippen molar-refractivity contribution in [2.45, 2.75) is 25.7 Å². The van der Waals surface area contributed by atoms with Crippen LogP contribution in [-0.2, 0) is 16.0 Å².